The second-order valence-electron chi connectivity index (χ2n) is 4.55. The number of thioether (sulfide) groups is 2. The van der Waals surface area contributed by atoms with Crippen LogP contribution < -0.4 is 5.73 Å². The van der Waals surface area contributed by atoms with Crippen LogP contribution in [0.1, 0.15) is 5.56 Å². The molecule has 2 aromatic rings. The van der Waals surface area contributed by atoms with Crippen molar-refractivity contribution in [3.05, 3.63) is 53.8 Å². The molecule has 2 N–H and O–H groups in total. The van der Waals surface area contributed by atoms with Gasteiger partial charge < -0.3 is 5.73 Å². The first-order valence-corrected chi connectivity index (χ1v) is 8.01. The Morgan fingerprint density at radius 3 is 2.89 bits per heavy atom. The number of hydrogen-bond donors (Lipinski definition) is 1. The van der Waals surface area contributed by atoms with Gasteiger partial charge >= 0.3 is 0 Å². The maximum absolute atomic E-state index is 13.4. The van der Waals surface area contributed by atoms with Gasteiger partial charge in [-0.2, -0.15) is 0 Å². The van der Waals surface area contributed by atoms with Crippen LogP contribution in [0.5, 0.6) is 0 Å². The van der Waals surface area contributed by atoms with Gasteiger partial charge in [0.05, 0.1) is 5.69 Å². The van der Waals surface area contributed by atoms with Crippen LogP contribution in [-0.4, -0.2) is 11.0 Å². The largest absolute Gasteiger partial charge is 0.396 e. The fraction of sp³-hybridized carbons (Fsp3) is 0.200. The molecule has 0 saturated heterocycles. The summed E-state index contributed by atoms with van der Waals surface area (Å²) in [4.78, 5) is 2.33. The third kappa shape index (κ3) is 2.90. The van der Waals surface area contributed by atoms with Crippen LogP contribution in [0.3, 0.4) is 0 Å². The Morgan fingerprint density at radius 2 is 2.11 bits per heavy atom. The predicted octanol–water partition coefficient (Wildman–Crippen LogP) is 4.22. The van der Waals surface area contributed by atoms with E-state index in [0.29, 0.717) is 5.25 Å². The Labute approximate surface area is 120 Å². The summed E-state index contributed by atoms with van der Waals surface area (Å²) in [7, 11) is 0. The fourth-order valence-electron chi connectivity index (χ4n) is 2.13. The third-order valence-electron chi connectivity index (χ3n) is 3.12. The molecule has 1 aliphatic rings. The van der Waals surface area contributed by atoms with E-state index in [9.17, 15) is 4.39 Å². The molecule has 0 amide bonds. The van der Waals surface area contributed by atoms with Crippen molar-refractivity contribution in [2.45, 2.75) is 21.5 Å². The number of anilines is 1. The van der Waals surface area contributed by atoms with Gasteiger partial charge in [-0.25, -0.2) is 4.39 Å². The van der Waals surface area contributed by atoms with Crippen molar-refractivity contribution < 1.29 is 4.39 Å². The summed E-state index contributed by atoms with van der Waals surface area (Å²) in [6, 6.07) is 13.6. The number of halogens is 1. The van der Waals surface area contributed by atoms with E-state index in [1.807, 2.05) is 17.8 Å². The average molecular weight is 291 g/mol. The smallest absolute Gasteiger partial charge is 0.147 e. The van der Waals surface area contributed by atoms with E-state index < -0.39 is 0 Å². The van der Waals surface area contributed by atoms with Crippen LogP contribution in [0.2, 0.25) is 0 Å². The van der Waals surface area contributed by atoms with Gasteiger partial charge in [-0.3, -0.25) is 0 Å². The van der Waals surface area contributed by atoms with Gasteiger partial charge in [-0.15, -0.1) is 23.5 Å². The lowest BCUT2D eigenvalue weighted by Crippen LogP contribution is -2.04. The molecule has 0 fully saturated rings. The molecule has 1 aliphatic heterocycles. The van der Waals surface area contributed by atoms with Crippen LogP contribution in [0.4, 0.5) is 10.1 Å². The van der Waals surface area contributed by atoms with E-state index in [2.05, 4.69) is 24.3 Å². The number of nitrogen functional groups attached to an aromatic ring is 1. The summed E-state index contributed by atoms with van der Waals surface area (Å²) in [5, 5.41) is 0.572. The molecule has 0 saturated carbocycles. The minimum absolute atomic E-state index is 0.215. The zero-order chi connectivity index (χ0) is 13.2. The van der Waals surface area contributed by atoms with Crippen molar-refractivity contribution in [2.24, 2.45) is 0 Å². The number of hydrogen-bond acceptors (Lipinski definition) is 3. The van der Waals surface area contributed by atoms with E-state index >= 15 is 0 Å². The van der Waals surface area contributed by atoms with Crippen molar-refractivity contribution in [1.29, 1.82) is 0 Å². The summed E-state index contributed by atoms with van der Waals surface area (Å²) in [5.74, 6) is 0.662. The molecule has 1 unspecified atom stereocenters. The topological polar surface area (TPSA) is 26.0 Å². The zero-order valence-corrected chi connectivity index (χ0v) is 11.9. The number of nitrogens with two attached hydrogens (primary N) is 1. The van der Waals surface area contributed by atoms with Crippen molar-refractivity contribution >= 4 is 29.2 Å². The van der Waals surface area contributed by atoms with E-state index in [1.165, 1.54) is 16.5 Å². The summed E-state index contributed by atoms with van der Waals surface area (Å²) >= 11 is 3.62. The van der Waals surface area contributed by atoms with Crippen LogP contribution in [0.15, 0.2) is 52.3 Å². The highest BCUT2D eigenvalue weighted by molar-refractivity contribution is 8.03. The molecule has 0 bridgehead atoms. The van der Waals surface area contributed by atoms with Crippen LogP contribution in [0, 0.1) is 5.82 Å². The molecule has 19 heavy (non-hydrogen) atoms. The first-order valence-electron chi connectivity index (χ1n) is 6.15. The average Bonchev–Trinajstić information content (AvgIpc) is 2.83. The second kappa shape index (κ2) is 5.47. The quantitative estimate of drug-likeness (QED) is 0.677. The minimum Gasteiger partial charge on any atom is -0.396 e. The highest BCUT2D eigenvalue weighted by Gasteiger charge is 2.21. The van der Waals surface area contributed by atoms with E-state index in [4.69, 9.17) is 5.73 Å². The summed E-state index contributed by atoms with van der Waals surface area (Å²) in [6.07, 6.45) is 1.10. The molecule has 1 heterocycles. The maximum Gasteiger partial charge on any atom is 0.147 e. The Bertz CT molecular complexity index is 575. The number of rotatable bonds is 3. The zero-order valence-electron chi connectivity index (χ0n) is 10.3. The van der Waals surface area contributed by atoms with E-state index in [0.717, 1.165) is 17.1 Å². The molecular weight excluding hydrogens is 277 g/mol. The maximum atomic E-state index is 13.4. The number of benzene rings is 2. The highest BCUT2D eigenvalue weighted by Crippen LogP contribution is 2.39. The summed E-state index contributed by atoms with van der Waals surface area (Å²) in [6.45, 7) is 0. The van der Waals surface area contributed by atoms with Gasteiger partial charge in [0.1, 0.15) is 5.82 Å². The van der Waals surface area contributed by atoms with Crippen molar-refractivity contribution in [1.82, 2.24) is 0 Å². The standard InChI is InChI=1S/C15H14FNS2/c16-13-8-11(5-6-14(13)17)18-9-12-7-10-3-1-2-4-15(10)19-12/h1-6,8,12H,7,9,17H2. The Hall–Kier alpha value is -1.13. The molecule has 98 valence electrons. The molecule has 1 atom stereocenters. The fourth-order valence-corrected chi connectivity index (χ4v) is 4.54. The Kier molecular flexibility index (Phi) is 3.71. The van der Waals surface area contributed by atoms with Crippen LogP contribution in [-0.2, 0) is 6.42 Å². The van der Waals surface area contributed by atoms with Gasteiger partial charge in [0.15, 0.2) is 0 Å². The van der Waals surface area contributed by atoms with Crippen LogP contribution in [0.25, 0.3) is 0 Å². The summed E-state index contributed by atoms with van der Waals surface area (Å²) < 4.78 is 13.4. The molecule has 3 rings (SSSR count). The van der Waals surface area contributed by atoms with Gasteiger partial charge in [-0.05, 0) is 36.2 Å². The van der Waals surface area contributed by atoms with Gasteiger partial charge in [0, 0.05) is 20.8 Å². The molecule has 0 spiro atoms. The Balaban J connectivity index is 1.61. The lowest BCUT2D eigenvalue weighted by molar-refractivity contribution is 0.629. The normalized spacial score (nSPS) is 17.4. The van der Waals surface area contributed by atoms with Crippen LogP contribution >= 0.6 is 23.5 Å². The monoisotopic (exact) mass is 291 g/mol. The van der Waals surface area contributed by atoms with Crippen molar-refractivity contribution in [2.75, 3.05) is 11.5 Å². The van der Waals surface area contributed by atoms with E-state index in [-0.39, 0.29) is 11.5 Å². The molecule has 2 aromatic carbocycles. The first-order chi connectivity index (χ1) is 9.22. The van der Waals surface area contributed by atoms with E-state index in [1.54, 1.807) is 17.8 Å². The SMILES string of the molecule is Nc1ccc(SCC2Cc3ccccc3S2)cc1F. The third-order valence-corrected chi connectivity index (χ3v) is 5.81. The molecular formula is C15H14FNS2. The van der Waals surface area contributed by atoms with Crippen molar-refractivity contribution in [3.8, 4) is 0 Å². The van der Waals surface area contributed by atoms with Crippen molar-refractivity contribution in [3.63, 3.8) is 0 Å². The lowest BCUT2D eigenvalue weighted by Gasteiger charge is -2.08. The number of fused-ring (bicyclic) bond motifs is 1. The summed E-state index contributed by atoms with van der Waals surface area (Å²) in [5.41, 5.74) is 7.12. The minimum atomic E-state index is -0.327. The lowest BCUT2D eigenvalue weighted by atomic mass is 10.1. The predicted molar refractivity (Wildman–Crippen MR) is 81.3 cm³/mol. The van der Waals surface area contributed by atoms with Gasteiger partial charge in [0.25, 0.3) is 0 Å². The molecule has 0 aliphatic carbocycles. The second-order valence-corrected chi connectivity index (χ2v) is 6.98. The highest BCUT2D eigenvalue weighted by atomic mass is 32.2. The molecule has 1 nitrogen and oxygen atoms in total. The Morgan fingerprint density at radius 1 is 1.26 bits per heavy atom. The van der Waals surface area contributed by atoms with Gasteiger partial charge in [0.2, 0.25) is 0 Å². The molecule has 0 radical (unpaired) electrons. The van der Waals surface area contributed by atoms with Gasteiger partial charge in [-0.1, -0.05) is 18.2 Å². The molecule has 0 aromatic heterocycles. The first kappa shape index (κ1) is 12.9. The molecule has 4 heteroatoms.